The van der Waals surface area contributed by atoms with Gasteiger partial charge in [-0.3, -0.25) is 0 Å². The minimum Gasteiger partial charge on any atom is -0.225 e. The van der Waals surface area contributed by atoms with Gasteiger partial charge in [0, 0.05) is 5.41 Å². The zero-order valence-corrected chi connectivity index (χ0v) is 9.33. The first-order valence-corrected chi connectivity index (χ1v) is 6.36. The second kappa shape index (κ2) is 5.09. The van der Waals surface area contributed by atoms with Gasteiger partial charge < -0.3 is 0 Å². The highest BCUT2D eigenvalue weighted by molar-refractivity contribution is 7.92. The molecule has 3 nitrogen and oxygen atoms in total. The van der Waals surface area contributed by atoms with Crippen LogP contribution in [0.15, 0.2) is 36.3 Å². The van der Waals surface area contributed by atoms with Crippen molar-refractivity contribution in [1.29, 1.82) is 0 Å². The zero-order valence-electron chi connectivity index (χ0n) is 8.52. The van der Waals surface area contributed by atoms with Gasteiger partial charge in [-0.15, -0.1) is 0 Å². The molecule has 1 aliphatic rings. The van der Waals surface area contributed by atoms with Crippen LogP contribution in [-0.2, 0) is 22.9 Å². The molecule has 1 aromatic rings. The van der Waals surface area contributed by atoms with Crippen molar-refractivity contribution in [2.75, 3.05) is 0 Å². The van der Waals surface area contributed by atoms with Gasteiger partial charge in [-0.25, -0.2) is 13.6 Å². The largest absolute Gasteiger partial charge is 0.230 e. The maximum atomic E-state index is 9.66. The van der Waals surface area contributed by atoms with Crippen LogP contribution in [0.25, 0.3) is 0 Å². The van der Waals surface area contributed by atoms with Gasteiger partial charge in [-0.05, 0) is 30.4 Å². The number of sulfonamides is 1. The van der Waals surface area contributed by atoms with Crippen molar-refractivity contribution in [3.63, 3.8) is 0 Å². The van der Waals surface area contributed by atoms with E-state index in [2.05, 4.69) is 36.0 Å². The van der Waals surface area contributed by atoms with Gasteiger partial charge in [0.1, 0.15) is 0 Å². The Morgan fingerprint density at radius 3 is 1.93 bits per heavy atom. The number of nitrogens with two attached hydrogens (primary N) is 1. The summed E-state index contributed by atoms with van der Waals surface area (Å²) >= 11 is 0. The number of aryl methyl sites for hydroxylation is 2. The molecule has 0 fully saturated rings. The third kappa shape index (κ3) is 4.27. The molecule has 4 heteroatoms. The number of rotatable bonds is 1. The molecular formula is C11H15NO2S. The van der Waals surface area contributed by atoms with Crippen LogP contribution < -0.4 is 5.14 Å². The molecule has 0 spiro atoms. The number of primary sulfonamides is 1. The summed E-state index contributed by atoms with van der Waals surface area (Å²) in [5.74, 6) is 0. The minimum absolute atomic E-state index is 0.688. The van der Waals surface area contributed by atoms with Crippen LogP contribution in [0.1, 0.15) is 17.5 Å². The summed E-state index contributed by atoms with van der Waals surface area (Å²) in [6.45, 7) is 2.92. The third-order valence-corrected chi connectivity index (χ3v) is 2.71. The Labute approximate surface area is 90.7 Å². The molecule has 0 unspecified atom stereocenters. The van der Waals surface area contributed by atoms with Crippen molar-refractivity contribution in [1.82, 2.24) is 0 Å². The van der Waals surface area contributed by atoms with Crippen LogP contribution in [0, 0.1) is 0 Å². The molecule has 15 heavy (non-hydrogen) atoms. The van der Waals surface area contributed by atoms with Gasteiger partial charge >= 0.3 is 0 Å². The Kier molecular flexibility index (Phi) is 4.05. The maximum absolute atomic E-state index is 9.66. The van der Waals surface area contributed by atoms with Gasteiger partial charge in [0.2, 0.25) is 10.0 Å². The molecule has 0 bridgehead atoms. The van der Waals surface area contributed by atoms with Crippen LogP contribution in [0.5, 0.6) is 0 Å². The molecule has 82 valence electrons. The van der Waals surface area contributed by atoms with Crippen LogP contribution >= 0.6 is 0 Å². The van der Waals surface area contributed by atoms with Gasteiger partial charge in [-0.2, -0.15) is 0 Å². The molecule has 0 radical (unpaired) electrons. The first-order valence-electron chi connectivity index (χ1n) is 4.75. The normalized spacial score (nSPS) is 13.7. The standard InChI is InChI=1S/C9H10.C2H5NO2S/c1-2-5-9-7-3-6-8(9)4-1;1-2-6(3,4)5/h1-2,4-5H,3,6-7H2;2H,1H2,(H2,3,4,5). The van der Waals surface area contributed by atoms with Crippen LogP contribution in [0.2, 0.25) is 0 Å². The molecule has 0 saturated carbocycles. The fraction of sp³-hybridized carbons (Fsp3) is 0.273. The second-order valence-electron chi connectivity index (χ2n) is 3.38. The van der Waals surface area contributed by atoms with E-state index in [0.29, 0.717) is 5.41 Å². The highest BCUT2D eigenvalue weighted by Gasteiger charge is 2.07. The molecule has 2 rings (SSSR count). The van der Waals surface area contributed by atoms with E-state index in [-0.39, 0.29) is 0 Å². The summed E-state index contributed by atoms with van der Waals surface area (Å²) in [7, 11) is -3.40. The second-order valence-corrected chi connectivity index (χ2v) is 4.89. The average Bonchev–Trinajstić information content (AvgIpc) is 2.65. The fourth-order valence-corrected chi connectivity index (χ4v) is 1.51. The van der Waals surface area contributed by atoms with Crippen LogP contribution in [0.3, 0.4) is 0 Å². The van der Waals surface area contributed by atoms with Crippen molar-refractivity contribution in [3.05, 3.63) is 47.4 Å². The van der Waals surface area contributed by atoms with Crippen LogP contribution in [-0.4, -0.2) is 8.42 Å². The fourth-order valence-electron chi connectivity index (χ4n) is 1.51. The lowest BCUT2D eigenvalue weighted by atomic mass is 10.1. The van der Waals surface area contributed by atoms with Crippen molar-refractivity contribution in [3.8, 4) is 0 Å². The predicted molar refractivity (Wildman–Crippen MR) is 61.8 cm³/mol. The highest BCUT2D eigenvalue weighted by Crippen LogP contribution is 2.20. The summed E-state index contributed by atoms with van der Waals surface area (Å²) in [4.78, 5) is 0. The monoisotopic (exact) mass is 225 g/mol. The molecule has 2 N–H and O–H groups in total. The van der Waals surface area contributed by atoms with Crippen molar-refractivity contribution in [2.45, 2.75) is 19.3 Å². The van der Waals surface area contributed by atoms with Crippen molar-refractivity contribution < 1.29 is 8.42 Å². The van der Waals surface area contributed by atoms with E-state index in [0.717, 1.165) is 0 Å². The van der Waals surface area contributed by atoms with E-state index in [4.69, 9.17) is 0 Å². The third-order valence-electron chi connectivity index (χ3n) is 2.24. The molecule has 0 amide bonds. The van der Waals surface area contributed by atoms with E-state index in [9.17, 15) is 8.42 Å². The molecule has 1 aliphatic carbocycles. The minimum atomic E-state index is -3.40. The van der Waals surface area contributed by atoms with E-state index < -0.39 is 10.0 Å². The Hall–Kier alpha value is -1.13. The van der Waals surface area contributed by atoms with Gasteiger partial charge in [0.25, 0.3) is 0 Å². The number of fused-ring (bicyclic) bond motifs is 1. The summed E-state index contributed by atoms with van der Waals surface area (Å²) in [5, 5.41) is 5.08. The Balaban J connectivity index is 0.000000167. The summed E-state index contributed by atoms with van der Waals surface area (Å²) in [6, 6.07) is 8.74. The molecule has 0 aliphatic heterocycles. The lowest BCUT2D eigenvalue weighted by molar-refractivity contribution is 0.606. The average molecular weight is 225 g/mol. The molecule has 0 saturated heterocycles. The van der Waals surface area contributed by atoms with E-state index in [1.165, 1.54) is 19.3 Å². The lowest BCUT2D eigenvalue weighted by Crippen LogP contribution is -2.05. The molecule has 1 aromatic carbocycles. The molecule has 0 atom stereocenters. The molecular weight excluding hydrogens is 210 g/mol. The lowest BCUT2D eigenvalue weighted by Gasteiger charge is -1.93. The smallest absolute Gasteiger partial charge is 0.225 e. The predicted octanol–water partition coefficient (Wildman–Crippen LogP) is 1.59. The summed E-state index contributed by atoms with van der Waals surface area (Å²) < 4.78 is 19.3. The molecule has 0 aromatic heterocycles. The number of hydrogen-bond acceptors (Lipinski definition) is 2. The van der Waals surface area contributed by atoms with E-state index >= 15 is 0 Å². The van der Waals surface area contributed by atoms with Crippen LogP contribution in [0.4, 0.5) is 0 Å². The summed E-state index contributed by atoms with van der Waals surface area (Å²) in [6.07, 6.45) is 3.96. The van der Waals surface area contributed by atoms with Crippen molar-refractivity contribution >= 4 is 10.0 Å². The van der Waals surface area contributed by atoms with E-state index in [1.807, 2.05) is 0 Å². The van der Waals surface area contributed by atoms with E-state index in [1.54, 1.807) is 11.1 Å². The topological polar surface area (TPSA) is 60.2 Å². The van der Waals surface area contributed by atoms with Gasteiger partial charge in [0.05, 0.1) is 0 Å². The number of hydrogen-bond donors (Lipinski definition) is 1. The van der Waals surface area contributed by atoms with Gasteiger partial charge in [0.15, 0.2) is 0 Å². The SMILES string of the molecule is C=CS(N)(=O)=O.c1ccc2c(c1)CCC2. The summed E-state index contributed by atoms with van der Waals surface area (Å²) in [5.41, 5.74) is 3.13. The first-order chi connectivity index (χ1) is 7.03. The zero-order chi connectivity index (χ0) is 11.3. The number of benzene rings is 1. The Morgan fingerprint density at radius 2 is 1.60 bits per heavy atom. The quantitative estimate of drug-likeness (QED) is 0.789. The van der Waals surface area contributed by atoms with Gasteiger partial charge in [-0.1, -0.05) is 30.8 Å². The molecule has 0 heterocycles. The first kappa shape index (κ1) is 11.9. The Bertz CT molecular complexity index is 403. The van der Waals surface area contributed by atoms with Crippen molar-refractivity contribution in [2.24, 2.45) is 5.14 Å². The maximum Gasteiger partial charge on any atom is 0.230 e. The Morgan fingerprint density at radius 1 is 1.20 bits per heavy atom. The highest BCUT2D eigenvalue weighted by atomic mass is 32.2.